The van der Waals surface area contributed by atoms with Gasteiger partial charge in [-0.15, -0.1) is 0 Å². The zero-order chi connectivity index (χ0) is 14.1. The molecular formula is C15H22ClNO2. The van der Waals surface area contributed by atoms with Crippen molar-refractivity contribution in [3.63, 3.8) is 0 Å². The van der Waals surface area contributed by atoms with Crippen LogP contribution in [0.15, 0.2) is 24.3 Å². The van der Waals surface area contributed by atoms with E-state index >= 15 is 0 Å². The number of carbonyl (C=O) groups is 1. The van der Waals surface area contributed by atoms with Crippen LogP contribution in [0.25, 0.3) is 0 Å². The summed E-state index contributed by atoms with van der Waals surface area (Å²) >= 11 is 5.87. The molecule has 0 aliphatic heterocycles. The maximum atomic E-state index is 11.4. The minimum Gasteiger partial charge on any atom is -0.469 e. The molecule has 0 fully saturated rings. The number of carbonyl (C=O) groups excluding carboxylic acids is 1. The Kier molecular flexibility index (Phi) is 7.53. The van der Waals surface area contributed by atoms with E-state index in [-0.39, 0.29) is 12.0 Å². The zero-order valence-electron chi connectivity index (χ0n) is 11.6. The van der Waals surface area contributed by atoms with Crippen LogP contribution in [-0.4, -0.2) is 25.7 Å². The van der Waals surface area contributed by atoms with Crippen LogP contribution in [0.1, 0.15) is 31.7 Å². The topological polar surface area (TPSA) is 38.3 Å². The van der Waals surface area contributed by atoms with Crippen molar-refractivity contribution in [2.45, 2.75) is 38.6 Å². The molecule has 0 saturated carbocycles. The van der Waals surface area contributed by atoms with E-state index in [1.54, 1.807) is 0 Å². The first kappa shape index (κ1) is 16.0. The molecule has 0 radical (unpaired) electrons. The largest absolute Gasteiger partial charge is 0.469 e. The summed E-state index contributed by atoms with van der Waals surface area (Å²) < 4.78 is 4.74. The molecule has 1 unspecified atom stereocenters. The number of esters is 1. The first-order chi connectivity index (χ1) is 9.15. The molecule has 0 bridgehead atoms. The molecule has 1 rings (SSSR count). The summed E-state index contributed by atoms with van der Waals surface area (Å²) in [6.45, 7) is 3.07. The molecule has 1 aromatic rings. The SMILES string of the molecule is CCCCNC(CC(=O)OC)Cc1ccc(Cl)cc1. The normalized spacial score (nSPS) is 12.2. The second-order valence-corrected chi connectivity index (χ2v) is 5.05. The Labute approximate surface area is 120 Å². The molecule has 4 heteroatoms. The summed E-state index contributed by atoms with van der Waals surface area (Å²) in [6, 6.07) is 7.85. The summed E-state index contributed by atoms with van der Waals surface area (Å²) in [5.74, 6) is -0.178. The molecule has 0 amide bonds. The van der Waals surface area contributed by atoms with E-state index < -0.39 is 0 Å². The Balaban J connectivity index is 2.56. The van der Waals surface area contributed by atoms with Gasteiger partial charge < -0.3 is 10.1 Å². The smallest absolute Gasteiger partial charge is 0.307 e. The van der Waals surface area contributed by atoms with Crippen molar-refractivity contribution in [2.24, 2.45) is 0 Å². The number of nitrogens with one attached hydrogen (secondary N) is 1. The van der Waals surface area contributed by atoms with Crippen LogP contribution in [0.5, 0.6) is 0 Å². The number of methoxy groups -OCH3 is 1. The molecule has 0 aliphatic rings. The Morgan fingerprint density at radius 3 is 2.63 bits per heavy atom. The van der Waals surface area contributed by atoms with Gasteiger partial charge in [-0.2, -0.15) is 0 Å². The van der Waals surface area contributed by atoms with Gasteiger partial charge in [0.15, 0.2) is 0 Å². The maximum absolute atomic E-state index is 11.4. The van der Waals surface area contributed by atoms with Crippen molar-refractivity contribution in [1.29, 1.82) is 0 Å². The van der Waals surface area contributed by atoms with Gasteiger partial charge in [-0.3, -0.25) is 4.79 Å². The molecule has 0 aromatic heterocycles. The third-order valence-electron chi connectivity index (χ3n) is 3.00. The van der Waals surface area contributed by atoms with Crippen molar-refractivity contribution in [2.75, 3.05) is 13.7 Å². The lowest BCUT2D eigenvalue weighted by Crippen LogP contribution is -2.34. The van der Waals surface area contributed by atoms with Gasteiger partial charge >= 0.3 is 5.97 Å². The molecule has 3 nitrogen and oxygen atoms in total. The van der Waals surface area contributed by atoms with Gasteiger partial charge in [-0.25, -0.2) is 0 Å². The molecule has 0 aliphatic carbocycles. The van der Waals surface area contributed by atoms with Gasteiger partial charge in [0.25, 0.3) is 0 Å². The van der Waals surface area contributed by atoms with E-state index in [1.807, 2.05) is 24.3 Å². The maximum Gasteiger partial charge on any atom is 0.307 e. The number of ether oxygens (including phenoxy) is 1. The molecule has 0 saturated heterocycles. The Morgan fingerprint density at radius 1 is 1.37 bits per heavy atom. The Morgan fingerprint density at radius 2 is 2.05 bits per heavy atom. The van der Waals surface area contributed by atoms with E-state index in [4.69, 9.17) is 16.3 Å². The highest BCUT2D eigenvalue weighted by molar-refractivity contribution is 6.30. The first-order valence-electron chi connectivity index (χ1n) is 6.70. The van der Waals surface area contributed by atoms with E-state index in [0.717, 1.165) is 30.8 Å². The average Bonchev–Trinajstić information content (AvgIpc) is 2.41. The zero-order valence-corrected chi connectivity index (χ0v) is 12.4. The summed E-state index contributed by atoms with van der Waals surface area (Å²) in [5, 5.41) is 4.14. The van der Waals surface area contributed by atoms with Gasteiger partial charge in [0.05, 0.1) is 13.5 Å². The van der Waals surface area contributed by atoms with Crippen LogP contribution < -0.4 is 5.32 Å². The molecule has 106 valence electrons. The molecular weight excluding hydrogens is 262 g/mol. The monoisotopic (exact) mass is 283 g/mol. The fourth-order valence-corrected chi connectivity index (χ4v) is 2.01. The highest BCUT2D eigenvalue weighted by Gasteiger charge is 2.14. The van der Waals surface area contributed by atoms with Crippen LogP contribution in [0.4, 0.5) is 0 Å². The van der Waals surface area contributed by atoms with Gasteiger partial charge in [0.2, 0.25) is 0 Å². The molecule has 0 spiro atoms. The van der Waals surface area contributed by atoms with E-state index in [0.29, 0.717) is 6.42 Å². The van der Waals surface area contributed by atoms with Crippen LogP contribution in [-0.2, 0) is 16.0 Å². The summed E-state index contributed by atoms with van der Waals surface area (Å²) in [4.78, 5) is 11.4. The van der Waals surface area contributed by atoms with Crippen molar-refractivity contribution >= 4 is 17.6 Å². The summed E-state index contributed by atoms with van der Waals surface area (Å²) in [6.07, 6.45) is 3.44. The summed E-state index contributed by atoms with van der Waals surface area (Å²) in [7, 11) is 1.42. The molecule has 1 N–H and O–H groups in total. The molecule has 1 aromatic carbocycles. The summed E-state index contributed by atoms with van der Waals surface area (Å²) in [5.41, 5.74) is 1.17. The van der Waals surface area contributed by atoms with Gasteiger partial charge in [-0.05, 0) is 37.1 Å². The predicted octanol–water partition coefficient (Wildman–Crippen LogP) is 3.20. The number of halogens is 1. The highest BCUT2D eigenvalue weighted by Crippen LogP contribution is 2.12. The minimum atomic E-state index is -0.178. The van der Waals surface area contributed by atoms with Crippen molar-refractivity contribution in [1.82, 2.24) is 5.32 Å². The molecule has 19 heavy (non-hydrogen) atoms. The number of hydrogen-bond acceptors (Lipinski definition) is 3. The van der Waals surface area contributed by atoms with E-state index in [1.165, 1.54) is 12.7 Å². The quantitative estimate of drug-likeness (QED) is 0.588. The third-order valence-corrected chi connectivity index (χ3v) is 3.25. The van der Waals surface area contributed by atoms with Gasteiger partial charge in [-0.1, -0.05) is 37.1 Å². The minimum absolute atomic E-state index is 0.111. The fourth-order valence-electron chi connectivity index (χ4n) is 1.89. The molecule has 0 heterocycles. The highest BCUT2D eigenvalue weighted by atomic mass is 35.5. The van der Waals surface area contributed by atoms with Crippen LogP contribution in [0.3, 0.4) is 0 Å². The van der Waals surface area contributed by atoms with Crippen LogP contribution in [0, 0.1) is 0 Å². The fraction of sp³-hybridized carbons (Fsp3) is 0.533. The van der Waals surface area contributed by atoms with Gasteiger partial charge in [0.1, 0.15) is 0 Å². The van der Waals surface area contributed by atoms with E-state index in [2.05, 4.69) is 12.2 Å². The average molecular weight is 284 g/mol. The lowest BCUT2D eigenvalue weighted by Gasteiger charge is -2.17. The molecule has 1 atom stereocenters. The number of benzene rings is 1. The van der Waals surface area contributed by atoms with Crippen LogP contribution >= 0.6 is 11.6 Å². The van der Waals surface area contributed by atoms with E-state index in [9.17, 15) is 4.79 Å². The second-order valence-electron chi connectivity index (χ2n) is 4.62. The van der Waals surface area contributed by atoms with Crippen molar-refractivity contribution < 1.29 is 9.53 Å². The third kappa shape index (κ3) is 6.60. The van der Waals surface area contributed by atoms with Gasteiger partial charge in [0, 0.05) is 11.1 Å². The Hall–Kier alpha value is -1.06. The lowest BCUT2D eigenvalue weighted by atomic mass is 10.0. The number of hydrogen-bond donors (Lipinski definition) is 1. The first-order valence-corrected chi connectivity index (χ1v) is 7.08. The lowest BCUT2D eigenvalue weighted by molar-refractivity contribution is -0.141. The Bertz CT molecular complexity index is 378. The van der Waals surface area contributed by atoms with Crippen molar-refractivity contribution in [3.8, 4) is 0 Å². The van der Waals surface area contributed by atoms with Crippen molar-refractivity contribution in [3.05, 3.63) is 34.9 Å². The number of rotatable bonds is 8. The standard InChI is InChI=1S/C15H22ClNO2/c1-3-4-9-17-14(11-15(18)19-2)10-12-5-7-13(16)8-6-12/h5-8,14,17H,3-4,9-11H2,1-2H3. The number of unbranched alkanes of at least 4 members (excludes halogenated alkanes) is 1. The predicted molar refractivity (Wildman–Crippen MR) is 78.5 cm³/mol. The second kappa shape index (κ2) is 8.94. The van der Waals surface area contributed by atoms with Crippen LogP contribution in [0.2, 0.25) is 5.02 Å².